The Hall–Kier alpha value is -4.53. The van der Waals surface area contributed by atoms with Crippen LogP contribution in [0.4, 0.5) is 4.39 Å². The molecule has 3 rings (SSSR count). The van der Waals surface area contributed by atoms with Crippen LogP contribution < -0.4 is 20.2 Å². The van der Waals surface area contributed by atoms with Crippen molar-refractivity contribution in [3.63, 3.8) is 0 Å². The van der Waals surface area contributed by atoms with Crippen LogP contribution >= 0.6 is 0 Å². The summed E-state index contributed by atoms with van der Waals surface area (Å²) in [6, 6.07) is 18.1. The van der Waals surface area contributed by atoms with Crippen LogP contribution in [0.25, 0.3) is 0 Å². The SMILES string of the molecule is CCOc1ccc(C(=O)Oc2ccc(/C=N/NC(=O)CNC(=O)c3ccc(F)cc3)cc2)cc1. The number of rotatable bonds is 9. The molecular weight excluding hydrogens is 441 g/mol. The van der Waals surface area contributed by atoms with E-state index in [0.717, 1.165) is 12.1 Å². The summed E-state index contributed by atoms with van der Waals surface area (Å²) in [7, 11) is 0. The summed E-state index contributed by atoms with van der Waals surface area (Å²) in [4.78, 5) is 36.0. The van der Waals surface area contributed by atoms with Crippen LogP contribution in [0.1, 0.15) is 33.2 Å². The first-order valence-corrected chi connectivity index (χ1v) is 10.4. The van der Waals surface area contributed by atoms with Gasteiger partial charge in [0.2, 0.25) is 0 Å². The quantitative estimate of drug-likeness (QED) is 0.219. The lowest BCUT2D eigenvalue weighted by Gasteiger charge is -2.06. The monoisotopic (exact) mass is 463 g/mol. The van der Waals surface area contributed by atoms with E-state index >= 15 is 0 Å². The van der Waals surface area contributed by atoms with Crippen molar-refractivity contribution in [2.45, 2.75) is 6.92 Å². The zero-order valence-corrected chi connectivity index (χ0v) is 18.3. The van der Waals surface area contributed by atoms with Gasteiger partial charge in [-0.2, -0.15) is 5.10 Å². The Morgan fingerprint density at radius 3 is 2.15 bits per heavy atom. The van der Waals surface area contributed by atoms with E-state index in [1.807, 2.05) is 6.92 Å². The Labute approximate surface area is 195 Å². The molecule has 0 aliphatic heterocycles. The van der Waals surface area contributed by atoms with Crippen LogP contribution in [-0.4, -0.2) is 37.1 Å². The Balaban J connectivity index is 1.44. The number of nitrogens with zero attached hydrogens (tertiary/aromatic N) is 1. The second-order valence-corrected chi connectivity index (χ2v) is 6.90. The van der Waals surface area contributed by atoms with E-state index < -0.39 is 23.6 Å². The normalized spacial score (nSPS) is 10.5. The van der Waals surface area contributed by atoms with E-state index in [1.165, 1.54) is 18.3 Å². The smallest absolute Gasteiger partial charge is 0.343 e. The molecule has 0 spiro atoms. The van der Waals surface area contributed by atoms with E-state index in [2.05, 4.69) is 15.8 Å². The molecule has 0 heterocycles. The van der Waals surface area contributed by atoms with E-state index in [9.17, 15) is 18.8 Å². The molecule has 0 saturated carbocycles. The summed E-state index contributed by atoms with van der Waals surface area (Å²) < 4.78 is 23.6. The summed E-state index contributed by atoms with van der Waals surface area (Å²) in [6.45, 7) is 2.12. The summed E-state index contributed by atoms with van der Waals surface area (Å²) >= 11 is 0. The Morgan fingerprint density at radius 2 is 1.50 bits per heavy atom. The maximum atomic E-state index is 12.9. The van der Waals surface area contributed by atoms with Crippen molar-refractivity contribution in [3.8, 4) is 11.5 Å². The number of carbonyl (C=O) groups excluding carboxylic acids is 3. The third-order valence-electron chi connectivity index (χ3n) is 4.41. The highest BCUT2D eigenvalue weighted by Crippen LogP contribution is 2.16. The third-order valence-corrected chi connectivity index (χ3v) is 4.41. The minimum atomic E-state index is -0.535. The molecule has 0 atom stereocenters. The van der Waals surface area contributed by atoms with Crippen LogP contribution in [0.3, 0.4) is 0 Å². The molecule has 8 nitrogen and oxygen atoms in total. The van der Waals surface area contributed by atoms with Crippen LogP contribution in [0.2, 0.25) is 0 Å². The number of amides is 2. The van der Waals surface area contributed by atoms with Gasteiger partial charge in [0.1, 0.15) is 17.3 Å². The highest BCUT2D eigenvalue weighted by molar-refractivity contribution is 5.96. The average Bonchev–Trinajstić information content (AvgIpc) is 2.84. The van der Waals surface area contributed by atoms with Crippen molar-refractivity contribution < 1.29 is 28.2 Å². The van der Waals surface area contributed by atoms with Crippen molar-refractivity contribution in [1.82, 2.24) is 10.7 Å². The highest BCUT2D eigenvalue weighted by Gasteiger charge is 2.09. The fraction of sp³-hybridized carbons (Fsp3) is 0.120. The van der Waals surface area contributed by atoms with Gasteiger partial charge in [0, 0.05) is 5.56 Å². The van der Waals surface area contributed by atoms with Gasteiger partial charge in [0.25, 0.3) is 11.8 Å². The zero-order chi connectivity index (χ0) is 24.3. The van der Waals surface area contributed by atoms with Crippen LogP contribution in [0.15, 0.2) is 77.9 Å². The largest absolute Gasteiger partial charge is 0.494 e. The second-order valence-electron chi connectivity index (χ2n) is 6.90. The number of halogens is 1. The van der Waals surface area contributed by atoms with E-state index in [-0.39, 0.29) is 12.1 Å². The number of hydrogen-bond acceptors (Lipinski definition) is 6. The lowest BCUT2D eigenvalue weighted by atomic mass is 10.2. The molecule has 0 aliphatic rings. The molecule has 0 unspecified atom stereocenters. The first-order chi connectivity index (χ1) is 16.4. The lowest BCUT2D eigenvalue weighted by Crippen LogP contribution is -2.34. The van der Waals surface area contributed by atoms with Gasteiger partial charge in [0.15, 0.2) is 0 Å². The summed E-state index contributed by atoms with van der Waals surface area (Å²) in [5.41, 5.74) is 3.57. The van der Waals surface area contributed by atoms with Gasteiger partial charge >= 0.3 is 5.97 Å². The number of benzene rings is 3. The Bertz CT molecular complexity index is 1160. The van der Waals surface area contributed by atoms with Gasteiger partial charge < -0.3 is 14.8 Å². The molecule has 2 N–H and O–H groups in total. The molecule has 0 saturated heterocycles. The molecule has 3 aromatic carbocycles. The predicted molar refractivity (Wildman–Crippen MR) is 123 cm³/mol. The zero-order valence-electron chi connectivity index (χ0n) is 18.3. The fourth-order valence-corrected chi connectivity index (χ4v) is 2.72. The molecule has 0 aromatic heterocycles. The molecular formula is C25H22FN3O5. The third kappa shape index (κ3) is 7.27. The second kappa shape index (κ2) is 11.9. The lowest BCUT2D eigenvalue weighted by molar-refractivity contribution is -0.120. The van der Waals surface area contributed by atoms with Crippen molar-refractivity contribution in [2.75, 3.05) is 13.2 Å². The topological polar surface area (TPSA) is 106 Å². The van der Waals surface area contributed by atoms with E-state index in [4.69, 9.17) is 9.47 Å². The molecule has 34 heavy (non-hydrogen) atoms. The number of hydrogen-bond donors (Lipinski definition) is 2. The summed E-state index contributed by atoms with van der Waals surface area (Å²) in [5, 5.41) is 6.23. The van der Waals surface area contributed by atoms with Gasteiger partial charge in [-0.1, -0.05) is 0 Å². The van der Waals surface area contributed by atoms with Gasteiger partial charge in [-0.05, 0) is 85.3 Å². The molecule has 0 aliphatic carbocycles. The molecule has 2 amide bonds. The molecule has 9 heteroatoms. The van der Waals surface area contributed by atoms with Gasteiger partial charge in [-0.3, -0.25) is 9.59 Å². The van der Waals surface area contributed by atoms with Crippen molar-refractivity contribution in [3.05, 3.63) is 95.3 Å². The first kappa shape index (κ1) is 24.1. The molecule has 0 bridgehead atoms. The van der Waals surface area contributed by atoms with Crippen molar-refractivity contribution in [1.29, 1.82) is 0 Å². The highest BCUT2D eigenvalue weighted by atomic mass is 19.1. The first-order valence-electron chi connectivity index (χ1n) is 10.4. The standard InChI is InChI=1S/C25H22FN3O5/c1-2-33-21-13-7-19(8-14-21)25(32)34-22-11-3-17(4-12-22)15-28-29-23(30)16-27-24(31)18-5-9-20(26)10-6-18/h3-15H,2,16H2,1H3,(H,27,31)(H,29,30)/b28-15+. The predicted octanol–water partition coefficient (Wildman–Crippen LogP) is 3.32. The van der Waals surface area contributed by atoms with Crippen LogP contribution in [-0.2, 0) is 4.79 Å². The molecule has 0 fully saturated rings. The van der Waals surface area contributed by atoms with Gasteiger partial charge in [0.05, 0.1) is 24.9 Å². The summed E-state index contributed by atoms with van der Waals surface area (Å²) in [6.07, 6.45) is 1.40. The molecule has 0 radical (unpaired) electrons. The van der Waals surface area contributed by atoms with Gasteiger partial charge in [-0.15, -0.1) is 0 Å². The molecule has 174 valence electrons. The van der Waals surface area contributed by atoms with Crippen molar-refractivity contribution in [2.24, 2.45) is 5.10 Å². The maximum absolute atomic E-state index is 12.9. The minimum absolute atomic E-state index is 0.237. The molecule has 3 aromatic rings. The number of esters is 1. The minimum Gasteiger partial charge on any atom is -0.494 e. The fourth-order valence-electron chi connectivity index (χ4n) is 2.72. The van der Waals surface area contributed by atoms with Gasteiger partial charge in [-0.25, -0.2) is 14.6 Å². The van der Waals surface area contributed by atoms with Crippen molar-refractivity contribution >= 4 is 24.0 Å². The maximum Gasteiger partial charge on any atom is 0.343 e. The average molecular weight is 463 g/mol. The summed E-state index contributed by atoms with van der Waals surface area (Å²) in [5.74, 6) is -0.974. The Morgan fingerprint density at radius 1 is 0.882 bits per heavy atom. The van der Waals surface area contributed by atoms with E-state index in [1.54, 1.807) is 48.5 Å². The van der Waals surface area contributed by atoms with E-state index in [0.29, 0.717) is 29.2 Å². The Kier molecular flexibility index (Phi) is 8.45. The number of carbonyl (C=O) groups is 3. The van der Waals surface area contributed by atoms with Crippen LogP contribution in [0, 0.1) is 5.82 Å². The van der Waals surface area contributed by atoms with Crippen LogP contribution in [0.5, 0.6) is 11.5 Å². The number of ether oxygens (including phenoxy) is 2. The number of nitrogens with one attached hydrogen (secondary N) is 2. The number of hydrazone groups is 1.